The van der Waals surface area contributed by atoms with E-state index in [1.807, 2.05) is 11.0 Å². The number of benzene rings is 1. The summed E-state index contributed by atoms with van der Waals surface area (Å²) in [5.41, 5.74) is 3.27. The molecule has 2 fully saturated rings. The number of fused-ring (bicyclic) bond motifs is 1. The summed E-state index contributed by atoms with van der Waals surface area (Å²) < 4.78 is -0.144. The fourth-order valence-corrected chi connectivity index (χ4v) is 5.76. The van der Waals surface area contributed by atoms with Gasteiger partial charge in [0.25, 0.3) is 0 Å². The lowest BCUT2D eigenvalue weighted by molar-refractivity contribution is -0.138. The zero-order valence-corrected chi connectivity index (χ0v) is 19.8. The highest BCUT2D eigenvalue weighted by molar-refractivity contribution is 5.93. The molecule has 1 saturated carbocycles. The second-order valence-electron chi connectivity index (χ2n) is 9.53. The molecule has 3 aliphatic rings. The van der Waals surface area contributed by atoms with Crippen LogP contribution in [0.5, 0.6) is 0 Å². The van der Waals surface area contributed by atoms with Crippen LogP contribution in [-0.4, -0.2) is 71.8 Å². The van der Waals surface area contributed by atoms with E-state index >= 15 is 0 Å². The number of quaternary nitrogens is 1. The molecule has 9 heteroatoms. The highest BCUT2D eigenvalue weighted by Crippen LogP contribution is 2.37. The quantitative estimate of drug-likeness (QED) is 0.518. The Bertz CT molecular complexity index is 887. The Morgan fingerprint density at radius 3 is 2.39 bits per heavy atom. The van der Waals surface area contributed by atoms with Crippen molar-refractivity contribution in [2.24, 2.45) is 5.92 Å². The Morgan fingerprint density at radius 1 is 1.03 bits per heavy atom. The third kappa shape index (κ3) is 5.50. The van der Waals surface area contributed by atoms with Crippen LogP contribution in [0.3, 0.4) is 0 Å². The lowest BCUT2D eigenvalue weighted by atomic mass is 9.83. The fraction of sp³-hybridized carbons (Fsp3) is 0.625. The first-order valence-electron chi connectivity index (χ1n) is 11.8. The molecule has 3 N–H and O–H groups in total. The Balaban J connectivity index is 0.00000306. The molecule has 0 radical (unpaired) electrons. The van der Waals surface area contributed by atoms with E-state index < -0.39 is 11.9 Å². The molecule has 1 saturated heterocycles. The van der Waals surface area contributed by atoms with Crippen LogP contribution >= 0.6 is 12.4 Å². The molecule has 1 aliphatic carbocycles. The van der Waals surface area contributed by atoms with Gasteiger partial charge in [-0.2, -0.15) is 4.48 Å². The van der Waals surface area contributed by atoms with Crippen molar-refractivity contribution in [2.45, 2.75) is 57.4 Å². The molecule has 1 aromatic rings. The predicted molar refractivity (Wildman–Crippen MR) is 128 cm³/mol. The van der Waals surface area contributed by atoms with Gasteiger partial charge in [0.1, 0.15) is 12.2 Å². The van der Waals surface area contributed by atoms with Crippen molar-refractivity contribution in [3.05, 3.63) is 29.3 Å². The normalized spacial score (nSPS) is 27.4. The molecule has 33 heavy (non-hydrogen) atoms. The van der Waals surface area contributed by atoms with E-state index in [9.17, 15) is 19.5 Å². The molecule has 1 unspecified atom stereocenters. The molecular weight excluding hydrogens is 446 g/mol. The number of hydrogen-bond acceptors (Lipinski definition) is 4. The number of hydrogen-bond donors (Lipinski definition) is 3. The smallest absolute Gasteiger partial charge is 0.425 e. The minimum atomic E-state index is -0.964. The summed E-state index contributed by atoms with van der Waals surface area (Å²) in [6.45, 7) is 2.63. The van der Waals surface area contributed by atoms with Crippen LogP contribution in [0, 0.1) is 5.92 Å². The van der Waals surface area contributed by atoms with Crippen LogP contribution in [0.2, 0.25) is 0 Å². The second kappa shape index (κ2) is 10.8. The van der Waals surface area contributed by atoms with E-state index in [-0.39, 0.29) is 41.9 Å². The maximum Gasteiger partial charge on any atom is 0.425 e. The minimum absolute atomic E-state index is 0. The van der Waals surface area contributed by atoms with Gasteiger partial charge in [-0.05, 0) is 81.1 Å². The second-order valence-corrected chi connectivity index (χ2v) is 9.53. The van der Waals surface area contributed by atoms with Gasteiger partial charge in [-0.1, -0.05) is 6.07 Å². The Labute approximate surface area is 200 Å². The molecule has 2 amide bonds. The molecule has 8 nitrogen and oxygen atoms in total. The van der Waals surface area contributed by atoms with Crippen LogP contribution in [0.25, 0.3) is 0 Å². The van der Waals surface area contributed by atoms with Gasteiger partial charge in [0.15, 0.2) is 6.54 Å². The molecule has 4 rings (SSSR count). The topological polar surface area (TPSA) is 107 Å². The summed E-state index contributed by atoms with van der Waals surface area (Å²) in [6, 6.07) is 6.10. The summed E-state index contributed by atoms with van der Waals surface area (Å²) in [5.74, 6) is -1.32. The summed E-state index contributed by atoms with van der Waals surface area (Å²) in [5, 5.41) is 22.0. The fourth-order valence-electron chi connectivity index (χ4n) is 5.76. The molecule has 2 heterocycles. The van der Waals surface area contributed by atoms with Crippen molar-refractivity contribution in [3.63, 3.8) is 0 Å². The molecular formula is C24H35ClN3O5+. The summed E-state index contributed by atoms with van der Waals surface area (Å²) in [7, 11) is 0. The van der Waals surface area contributed by atoms with Gasteiger partial charge in [-0.15, -0.1) is 12.4 Å². The summed E-state index contributed by atoms with van der Waals surface area (Å²) >= 11 is 0. The van der Waals surface area contributed by atoms with E-state index in [0.29, 0.717) is 25.4 Å². The average molecular weight is 481 g/mol. The number of carboxylic acid groups (broad SMARTS) is 2. The van der Waals surface area contributed by atoms with Crippen molar-refractivity contribution in [1.82, 2.24) is 14.7 Å². The van der Waals surface area contributed by atoms with Crippen molar-refractivity contribution in [2.75, 3.05) is 32.7 Å². The van der Waals surface area contributed by atoms with Crippen molar-refractivity contribution in [3.8, 4) is 0 Å². The summed E-state index contributed by atoms with van der Waals surface area (Å²) in [4.78, 5) is 38.3. The van der Waals surface area contributed by atoms with Crippen molar-refractivity contribution in [1.29, 1.82) is 0 Å². The largest absolute Gasteiger partial charge is 0.481 e. The summed E-state index contributed by atoms with van der Waals surface area (Å²) in [6.07, 6.45) is 6.29. The predicted octanol–water partition coefficient (Wildman–Crippen LogP) is 3.05. The molecule has 0 aromatic heterocycles. The number of urea groups is 1. The van der Waals surface area contributed by atoms with Gasteiger partial charge in [0, 0.05) is 18.5 Å². The van der Waals surface area contributed by atoms with Gasteiger partial charge in [-0.25, -0.2) is 9.59 Å². The Kier molecular flexibility index (Phi) is 8.37. The number of halogens is 1. The van der Waals surface area contributed by atoms with Crippen molar-refractivity contribution >= 4 is 36.1 Å². The van der Waals surface area contributed by atoms with Crippen molar-refractivity contribution < 1.29 is 24.6 Å². The van der Waals surface area contributed by atoms with E-state index in [4.69, 9.17) is 5.11 Å². The first-order chi connectivity index (χ1) is 15.4. The van der Waals surface area contributed by atoms with E-state index in [2.05, 4.69) is 17.4 Å². The number of amides is 2. The Hall–Kier alpha value is -2.16. The number of aliphatic carboxylic acids is 2. The molecule has 0 bridgehead atoms. The van der Waals surface area contributed by atoms with E-state index in [0.717, 1.165) is 57.3 Å². The molecule has 1 atom stereocenters. The maximum atomic E-state index is 13.7. The lowest BCUT2D eigenvalue weighted by Crippen LogP contribution is -2.56. The molecule has 182 valence electrons. The molecule has 1 aromatic carbocycles. The van der Waals surface area contributed by atoms with Gasteiger partial charge in [0.05, 0.1) is 6.54 Å². The monoisotopic (exact) mass is 480 g/mol. The SMILES string of the molecule is Cl.O=C(O)CCC1CCC(N2CC[N+](CC(=O)O)(c3ccc4c(c3)CCNCC4)C2=O)CC1. The number of carbonyl (C=O) groups is 3. The van der Waals surface area contributed by atoms with E-state index in [1.54, 1.807) is 0 Å². The third-order valence-electron chi connectivity index (χ3n) is 7.59. The Morgan fingerprint density at radius 2 is 1.73 bits per heavy atom. The lowest BCUT2D eigenvalue weighted by Gasteiger charge is -2.35. The van der Waals surface area contributed by atoms with Gasteiger partial charge in [0.2, 0.25) is 0 Å². The number of rotatable bonds is 7. The van der Waals surface area contributed by atoms with Crippen LogP contribution in [0.15, 0.2) is 18.2 Å². The highest BCUT2D eigenvalue weighted by atomic mass is 35.5. The molecule has 2 aliphatic heterocycles. The first kappa shape index (κ1) is 25.5. The van der Waals surface area contributed by atoms with Crippen LogP contribution < -0.4 is 9.80 Å². The van der Waals surface area contributed by atoms with E-state index in [1.165, 1.54) is 11.1 Å². The van der Waals surface area contributed by atoms with Crippen LogP contribution in [0.4, 0.5) is 10.5 Å². The zero-order chi connectivity index (χ0) is 22.7. The van der Waals surface area contributed by atoms with Gasteiger partial charge >= 0.3 is 18.0 Å². The number of nitrogens with zero attached hydrogens (tertiary/aromatic N) is 2. The van der Waals surface area contributed by atoms with Gasteiger partial charge < -0.3 is 15.5 Å². The molecule has 0 spiro atoms. The minimum Gasteiger partial charge on any atom is -0.481 e. The number of carboxylic acids is 2. The zero-order valence-electron chi connectivity index (χ0n) is 19.0. The number of carbonyl (C=O) groups excluding carboxylic acids is 1. The average Bonchev–Trinajstić information content (AvgIpc) is 2.94. The van der Waals surface area contributed by atoms with Crippen LogP contribution in [0.1, 0.15) is 49.7 Å². The van der Waals surface area contributed by atoms with Gasteiger partial charge in [-0.3, -0.25) is 9.69 Å². The third-order valence-corrected chi connectivity index (χ3v) is 7.59. The number of nitrogens with one attached hydrogen (secondary N) is 1. The first-order valence-corrected chi connectivity index (χ1v) is 11.8. The maximum absolute atomic E-state index is 13.7. The van der Waals surface area contributed by atoms with Crippen LogP contribution in [-0.2, 0) is 22.4 Å². The highest BCUT2D eigenvalue weighted by Gasteiger charge is 2.52. The standard InChI is InChI=1S/C24H33N3O5.ClH/c28-22(29)8-3-17-1-5-20(6-2-17)26-13-14-27(24(26)32,16-23(30)31)21-7-4-18-9-11-25-12-10-19(18)15-21;/h4,7,15,17,20,25H,1-3,5-6,8-14,16H2,(H-,28,29,30,31);1H/p+1.